The zero-order valence-corrected chi connectivity index (χ0v) is 18.9. The lowest BCUT2D eigenvalue weighted by Gasteiger charge is -2.22. The molecule has 0 spiro atoms. The van der Waals surface area contributed by atoms with Crippen LogP contribution in [-0.4, -0.2) is 26.8 Å². The highest BCUT2D eigenvalue weighted by atomic mass is 32.1. The van der Waals surface area contributed by atoms with Crippen LogP contribution in [0.1, 0.15) is 11.4 Å². The van der Waals surface area contributed by atoms with Crippen LogP contribution in [0.5, 0.6) is 0 Å². The van der Waals surface area contributed by atoms with Crippen LogP contribution in [0.3, 0.4) is 0 Å². The summed E-state index contributed by atoms with van der Waals surface area (Å²) < 4.78 is 0. The molecule has 0 fully saturated rings. The fraction of sp³-hybridized carbons (Fsp3) is 0.100. The third-order valence-electron chi connectivity index (χ3n) is 4.43. The minimum atomic E-state index is -0.793. The van der Waals surface area contributed by atoms with Crippen LogP contribution in [-0.2, 0) is 32.1 Å². The van der Waals surface area contributed by atoms with Crippen LogP contribution < -0.4 is 16.7 Å². The molecule has 34 heavy (non-hydrogen) atoms. The second kappa shape index (κ2) is 9.68. The topological polar surface area (TPSA) is 177 Å². The lowest BCUT2D eigenvalue weighted by Crippen LogP contribution is -2.32. The number of aromatic nitrogens is 2. The van der Waals surface area contributed by atoms with Gasteiger partial charge in [-0.15, -0.1) is 22.7 Å². The summed E-state index contributed by atoms with van der Waals surface area (Å²) in [5.41, 5.74) is 11.9. The van der Waals surface area contributed by atoms with Gasteiger partial charge in [0, 0.05) is 22.2 Å². The molecule has 4 N–H and O–H groups in total. The van der Waals surface area contributed by atoms with Crippen LogP contribution in [0.2, 0.25) is 0 Å². The number of benzene rings is 2. The predicted molar refractivity (Wildman–Crippen MR) is 126 cm³/mol. The van der Waals surface area contributed by atoms with Gasteiger partial charge in [-0.1, -0.05) is 18.2 Å². The van der Waals surface area contributed by atoms with Crippen molar-refractivity contribution in [3.8, 4) is 0 Å². The minimum Gasteiger partial charge on any atom is -0.375 e. The van der Waals surface area contributed by atoms with Gasteiger partial charge in [0.1, 0.15) is 5.69 Å². The van der Waals surface area contributed by atoms with Gasteiger partial charge in [0.15, 0.2) is 10.3 Å². The van der Waals surface area contributed by atoms with Crippen molar-refractivity contribution in [1.82, 2.24) is 9.97 Å². The molecule has 0 atom stereocenters. The summed E-state index contributed by atoms with van der Waals surface area (Å²) in [6, 6.07) is 8.94. The first-order valence-electron chi connectivity index (χ1n) is 9.58. The molecule has 0 amide bonds. The Morgan fingerprint density at radius 3 is 1.91 bits per heavy atom. The van der Waals surface area contributed by atoms with Crippen LogP contribution in [0.25, 0.3) is 10.8 Å². The molecule has 0 saturated carbocycles. The Labute approximate surface area is 199 Å². The molecule has 0 radical (unpaired) electrons. The second-order valence-electron chi connectivity index (χ2n) is 6.80. The average molecular weight is 501 g/mol. The molecule has 0 aliphatic carbocycles. The van der Waals surface area contributed by atoms with E-state index in [-0.39, 0.29) is 39.9 Å². The Balaban J connectivity index is 1.65. The molecular weight excluding hydrogens is 484 g/mol. The number of fused-ring (bicyclic) bond motifs is 1. The normalized spacial score (nSPS) is 10.7. The molecule has 0 saturated heterocycles. The first-order valence-corrected chi connectivity index (χ1v) is 11.3. The summed E-state index contributed by atoms with van der Waals surface area (Å²) in [5.74, 6) is -1.59. The van der Waals surface area contributed by atoms with Crippen LogP contribution in [0.4, 0.5) is 21.6 Å². The number of hydrogen-bond donors (Lipinski definition) is 2. The summed E-state index contributed by atoms with van der Waals surface area (Å²) in [6.45, 7) is 0. The highest BCUT2D eigenvalue weighted by molar-refractivity contribution is 7.13. The van der Waals surface area contributed by atoms with E-state index in [9.17, 15) is 19.7 Å². The lowest BCUT2D eigenvalue weighted by molar-refractivity contribution is -0.383. The Morgan fingerprint density at radius 2 is 1.44 bits per heavy atom. The monoisotopic (exact) mass is 500 g/mol. The number of carbonyl (C=O) groups excluding carboxylic acids is 2. The van der Waals surface area contributed by atoms with Crippen molar-refractivity contribution in [1.29, 1.82) is 0 Å². The fourth-order valence-corrected chi connectivity index (χ4v) is 4.18. The third-order valence-corrected chi connectivity index (χ3v) is 5.88. The zero-order valence-electron chi connectivity index (χ0n) is 17.2. The quantitative estimate of drug-likeness (QED) is 0.268. The van der Waals surface area contributed by atoms with Gasteiger partial charge in [-0.25, -0.2) is 19.6 Å². The number of nitro benzene ring substituents is 1. The Hall–Kier alpha value is -4.30. The molecule has 2 aromatic carbocycles. The molecule has 0 aliphatic rings. The molecule has 4 aromatic rings. The molecule has 4 rings (SSSR count). The number of non-ortho nitro benzene ring substituents is 1. The summed E-state index contributed by atoms with van der Waals surface area (Å²) in [7, 11) is 0. The van der Waals surface area contributed by atoms with E-state index in [2.05, 4.69) is 9.97 Å². The molecular formula is C20H16N6O6S2. The molecule has 0 unspecified atom stereocenters. The van der Waals surface area contributed by atoms with E-state index in [1.807, 2.05) is 0 Å². The Kier molecular flexibility index (Phi) is 6.51. The number of anilines is 3. The van der Waals surface area contributed by atoms with Crippen molar-refractivity contribution in [2.75, 3.05) is 16.7 Å². The Bertz CT molecular complexity index is 1330. The minimum absolute atomic E-state index is 0.110. The summed E-state index contributed by atoms with van der Waals surface area (Å²) in [5, 5.41) is 16.5. The largest absolute Gasteiger partial charge is 0.375 e. The van der Waals surface area contributed by atoms with E-state index in [4.69, 9.17) is 21.1 Å². The van der Waals surface area contributed by atoms with E-state index in [0.717, 1.165) is 22.7 Å². The first kappa shape index (κ1) is 22.9. The maximum atomic E-state index is 12.6. The molecule has 0 bridgehead atoms. The third kappa shape index (κ3) is 5.19. The molecule has 14 heteroatoms. The van der Waals surface area contributed by atoms with Crippen LogP contribution in [0.15, 0.2) is 47.2 Å². The van der Waals surface area contributed by atoms with Crippen LogP contribution >= 0.6 is 22.7 Å². The number of rotatable bonds is 8. The smallest absolute Gasteiger partial charge is 0.342 e. The van der Waals surface area contributed by atoms with Gasteiger partial charge in [-0.2, -0.15) is 0 Å². The van der Waals surface area contributed by atoms with Gasteiger partial charge in [0.2, 0.25) is 0 Å². The van der Waals surface area contributed by atoms with Gasteiger partial charge in [-0.05, 0) is 17.4 Å². The highest BCUT2D eigenvalue weighted by Gasteiger charge is 2.25. The standard InChI is InChI=1S/C20H16N6O6S2/c21-19-23-11(9-33-19)7-17(27)31-26(32-18(28)8-12-10-34-20(22)24-12)16-6-5-15(25(29)30)13-3-1-2-4-14(13)16/h1-6,9-10H,7-8H2,(H2,21,23)(H2,22,24). The lowest BCUT2D eigenvalue weighted by atomic mass is 10.1. The second-order valence-corrected chi connectivity index (χ2v) is 8.58. The van der Waals surface area contributed by atoms with Crippen LogP contribution in [0, 0.1) is 10.1 Å². The average Bonchev–Trinajstić information content (AvgIpc) is 3.39. The van der Waals surface area contributed by atoms with Crippen molar-refractivity contribution >= 4 is 67.0 Å². The van der Waals surface area contributed by atoms with E-state index < -0.39 is 16.9 Å². The van der Waals surface area contributed by atoms with Crippen molar-refractivity contribution < 1.29 is 24.2 Å². The molecule has 0 aliphatic heterocycles. The number of thiazole rings is 2. The SMILES string of the molecule is Nc1nc(CC(=O)ON(OC(=O)Cc2csc(N)n2)c2ccc([N+](=O)[O-])c3ccccc23)cs1. The van der Waals surface area contributed by atoms with Gasteiger partial charge < -0.3 is 21.1 Å². The van der Waals surface area contributed by atoms with Crippen molar-refractivity contribution in [2.24, 2.45) is 0 Å². The highest BCUT2D eigenvalue weighted by Crippen LogP contribution is 2.34. The van der Waals surface area contributed by atoms with E-state index in [1.165, 1.54) is 18.2 Å². The van der Waals surface area contributed by atoms with E-state index >= 15 is 0 Å². The fourth-order valence-electron chi connectivity index (χ4n) is 3.06. The van der Waals surface area contributed by atoms with Crippen molar-refractivity contribution in [3.05, 3.63) is 68.7 Å². The maximum absolute atomic E-state index is 12.6. The van der Waals surface area contributed by atoms with Gasteiger partial charge >= 0.3 is 11.9 Å². The number of hydrogen-bond acceptors (Lipinski definition) is 13. The molecule has 174 valence electrons. The predicted octanol–water partition coefficient (Wildman–Crippen LogP) is 3.03. The molecule has 2 heterocycles. The number of nitrogen functional groups attached to an aromatic ring is 2. The van der Waals surface area contributed by atoms with Gasteiger partial charge in [0.25, 0.3) is 5.69 Å². The Morgan fingerprint density at radius 1 is 0.912 bits per heavy atom. The number of carbonyl (C=O) groups is 2. The van der Waals surface area contributed by atoms with E-state index in [0.29, 0.717) is 22.0 Å². The van der Waals surface area contributed by atoms with E-state index in [1.54, 1.807) is 29.0 Å². The zero-order chi connectivity index (χ0) is 24.2. The van der Waals surface area contributed by atoms with Crippen molar-refractivity contribution in [2.45, 2.75) is 12.8 Å². The maximum Gasteiger partial charge on any atom is 0.342 e. The number of nitrogens with two attached hydrogens (primary N) is 2. The van der Waals surface area contributed by atoms with Gasteiger partial charge in [-0.3, -0.25) is 10.1 Å². The molecule has 12 nitrogen and oxygen atoms in total. The van der Waals surface area contributed by atoms with Gasteiger partial charge in [0.05, 0.1) is 34.5 Å². The summed E-state index contributed by atoms with van der Waals surface area (Å²) >= 11 is 2.32. The number of nitro groups is 1. The molecule has 2 aromatic heterocycles. The number of nitrogens with zero attached hydrogens (tertiary/aromatic N) is 4. The summed E-state index contributed by atoms with van der Waals surface area (Å²) in [6.07, 6.45) is -0.482. The van der Waals surface area contributed by atoms with Crippen molar-refractivity contribution in [3.63, 3.8) is 0 Å². The first-order chi connectivity index (χ1) is 16.3. The summed E-state index contributed by atoms with van der Waals surface area (Å²) in [4.78, 5) is 54.8.